The van der Waals surface area contributed by atoms with Crippen molar-refractivity contribution in [3.05, 3.63) is 65.5 Å². The van der Waals surface area contributed by atoms with Crippen LogP contribution in [0.1, 0.15) is 25.0 Å². The molecule has 1 heterocycles. The number of sulfonamides is 1. The summed E-state index contributed by atoms with van der Waals surface area (Å²) in [6.07, 6.45) is 0.214. The Bertz CT molecular complexity index is 1020. The van der Waals surface area contributed by atoms with E-state index in [2.05, 4.69) is 21.9 Å². The number of amides is 1. The Morgan fingerprint density at radius 1 is 1.23 bits per heavy atom. The number of ether oxygens (including phenoxy) is 1. The summed E-state index contributed by atoms with van der Waals surface area (Å²) >= 11 is 0. The van der Waals surface area contributed by atoms with Crippen LogP contribution in [0.3, 0.4) is 0 Å². The van der Waals surface area contributed by atoms with E-state index in [0.29, 0.717) is 0 Å². The van der Waals surface area contributed by atoms with Gasteiger partial charge in [0.1, 0.15) is 10.7 Å². The number of hydrogen-bond acceptors (Lipinski definition) is 5. The largest absolute Gasteiger partial charge is 0.376 e. The number of nitrogens with zero attached hydrogens (tertiary/aromatic N) is 1. The van der Waals surface area contributed by atoms with E-state index in [9.17, 15) is 17.6 Å². The van der Waals surface area contributed by atoms with Crippen molar-refractivity contribution in [3.8, 4) is 0 Å². The van der Waals surface area contributed by atoms with Crippen molar-refractivity contribution in [1.29, 1.82) is 0 Å². The molecule has 0 radical (unpaired) electrons. The number of halogens is 1. The molecule has 1 aliphatic rings. The third-order valence-corrected chi connectivity index (χ3v) is 6.61. The lowest BCUT2D eigenvalue weighted by molar-refractivity contribution is -0.122. The molecule has 9 heteroatoms. The molecule has 2 atom stereocenters. The van der Waals surface area contributed by atoms with Crippen LogP contribution in [0.5, 0.6) is 0 Å². The SMILES string of the molecule is CC1CN(Cc2cccc(CNC(=O)[C@H](C)NS(=O)(=O)c3ccccc3F)c2)CCO1. The number of morpholine rings is 1. The van der Waals surface area contributed by atoms with Gasteiger partial charge in [0.2, 0.25) is 15.9 Å². The molecule has 0 aromatic heterocycles. The highest BCUT2D eigenvalue weighted by Gasteiger charge is 2.24. The minimum absolute atomic E-state index is 0.214. The summed E-state index contributed by atoms with van der Waals surface area (Å²) in [4.78, 5) is 14.2. The van der Waals surface area contributed by atoms with E-state index in [1.807, 2.05) is 24.3 Å². The predicted molar refractivity (Wildman–Crippen MR) is 115 cm³/mol. The quantitative estimate of drug-likeness (QED) is 0.644. The van der Waals surface area contributed by atoms with Gasteiger partial charge in [-0.1, -0.05) is 36.4 Å². The average molecular weight is 450 g/mol. The number of nitrogens with one attached hydrogen (secondary N) is 2. The molecule has 2 aromatic rings. The molecule has 1 saturated heterocycles. The number of carbonyl (C=O) groups is 1. The second-order valence-electron chi connectivity index (χ2n) is 7.73. The van der Waals surface area contributed by atoms with Gasteiger partial charge in [-0.05, 0) is 37.1 Å². The van der Waals surface area contributed by atoms with Crippen molar-refractivity contribution in [2.24, 2.45) is 0 Å². The predicted octanol–water partition coefficient (Wildman–Crippen LogP) is 2.03. The first-order chi connectivity index (χ1) is 14.7. The second kappa shape index (κ2) is 10.3. The number of rotatable bonds is 8. The zero-order chi connectivity index (χ0) is 22.4. The molecular formula is C22H28FN3O4S. The first-order valence-corrected chi connectivity index (χ1v) is 11.7. The van der Waals surface area contributed by atoms with E-state index in [0.717, 1.165) is 49.5 Å². The summed E-state index contributed by atoms with van der Waals surface area (Å²) in [7, 11) is -4.15. The Kier molecular flexibility index (Phi) is 7.77. The maximum absolute atomic E-state index is 13.8. The molecule has 2 N–H and O–H groups in total. The van der Waals surface area contributed by atoms with Gasteiger partial charge < -0.3 is 10.1 Å². The third kappa shape index (κ3) is 6.57. The molecule has 1 amide bonds. The molecule has 0 aliphatic carbocycles. The van der Waals surface area contributed by atoms with Crippen molar-refractivity contribution in [2.45, 2.75) is 44.0 Å². The zero-order valence-electron chi connectivity index (χ0n) is 17.7. The Labute approximate surface area is 182 Å². The van der Waals surface area contributed by atoms with Crippen LogP contribution in [0.2, 0.25) is 0 Å². The summed E-state index contributed by atoms with van der Waals surface area (Å²) in [6.45, 7) is 7.01. The fourth-order valence-corrected chi connectivity index (χ4v) is 4.77. The van der Waals surface area contributed by atoms with Gasteiger partial charge in [-0.15, -0.1) is 0 Å². The van der Waals surface area contributed by atoms with Gasteiger partial charge in [0.15, 0.2) is 0 Å². The summed E-state index contributed by atoms with van der Waals surface area (Å²) in [5, 5.41) is 2.73. The molecule has 2 aromatic carbocycles. The van der Waals surface area contributed by atoms with E-state index in [1.165, 1.54) is 19.1 Å². The van der Waals surface area contributed by atoms with E-state index in [4.69, 9.17) is 4.74 Å². The van der Waals surface area contributed by atoms with Crippen LogP contribution in [-0.4, -0.2) is 51.1 Å². The Morgan fingerprint density at radius 2 is 1.97 bits per heavy atom. The standard InChI is InChI=1S/C22H28FN3O4S/c1-16-14-26(10-11-30-16)15-19-7-5-6-18(12-19)13-24-22(27)17(2)25-31(28,29)21-9-4-3-8-20(21)23/h3-9,12,16-17,25H,10-11,13-15H2,1-2H3,(H,24,27)/t16?,17-/m0/s1. The fourth-order valence-electron chi connectivity index (χ4n) is 3.49. The van der Waals surface area contributed by atoms with Crippen molar-refractivity contribution >= 4 is 15.9 Å². The second-order valence-corrected chi connectivity index (χ2v) is 9.41. The molecule has 1 aliphatic heterocycles. The Hall–Kier alpha value is -2.33. The van der Waals surface area contributed by atoms with Crippen LogP contribution in [0.25, 0.3) is 0 Å². The highest BCUT2D eigenvalue weighted by Crippen LogP contribution is 2.14. The summed E-state index contributed by atoms with van der Waals surface area (Å²) in [5.74, 6) is -1.36. The lowest BCUT2D eigenvalue weighted by Crippen LogP contribution is -2.44. The highest BCUT2D eigenvalue weighted by molar-refractivity contribution is 7.89. The van der Waals surface area contributed by atoms with E-state index < -0.39 is 32.7 Å². The highest BCUT2D eigenvalue weighted by atomic mass is 32.2. The fraction of sp³-hybridized carbons (Fsp3) is 0.409. The Balaban J connectivity index is 1.55. The van der Waals surface area contributed by atoms with Gasteiger partial charge in [-0.25, -0.2) is 12.8 Å². The van der Waals surface area contributed by atoms with E-state index in [-0.39, 0.29) is 12.6 Å². The summed E-state index contributed by atoms with van der Waals surface area (Å²) in [6, 6.07) is 11.9. The molecule has 1 fully saturated rings. The smallest absolute Gasteiger partial charge is 0.244 e. The van der Waals surface area contributed by atoms with Crippen LogP contribution in [0.15, 0.2) is 53.4 Å². The van der Waals surface area contributed by atoms with Gasteiger partial charge >= 0.3 is 0 Å². The molecule has 31 heavy (non-hydrogen) atoms. The minimum atomic E-state index is -4.15. The first-order valence-electron chi connectivity index (χ1n) is 10.2. The monoisotopic (exact) mass is 449 g/mol. The number of benzene rings is 2. The molecule has 0 bridgehead atoms. The lowest BCUT2D eigenvalue weighted by Gasteiger charge is -2.31. The van der Waals surface area contributed by atoms with Crippen LogP contribution in [0, 0.1) is 5.82 Å². The zero-order valence-corrected chi connectivity index (χ0v) is 18.5. The van der Waals surface area contributed by atoms with Crippen molar-refractivity contribution in [2.75, 3.05) is 19.7 Å². The number of hydrogen-bond donors (Lipinski definition) is 2. The van der Waals surface area contributed by atoms with E-state index in [1.54, 1.807) is 0 Å². The molecule has 7 nitrogen and oxygen atoms in total. The van der Waals surface area contributed by atoms with Crippen LogP contribution in [0.4, 0.5) is 4.39 Å². The molecule has 0 spiro atoms. The normalized spacial score (nSPS) is 18.5. The molecule has 168 valence electrons. The Morgan fingerprint density at radius 3 is 2.71 bits per heavy atom. The summed E-state index contributed by atoms with van der Waals surface area (Å²) < 4.78 is 46.3. The van der Waals surface area contributed by atoms with Gasteiger partial charge in [-0.2, -0.15) is 4.72 Å². The van der Waals surface area contributed by atoms with Crippen molar-refractivity contribution in [1.82, 2.24) is 14.9 Å². The first kappa shape index (κ1) is 23.3. The van der Waals surface area contributed by atoms with Gasteiger partial charge in [-0.3, -0.25) is 9.69 Å². The van der Waals surface area contributed by atoms with Gasteiger partial charge in [0.05, 0.1) is 18.8 Å². The molecule has 1 unspecified atom stereocenters. The van der Waals surface area contributed by atoms with Crippen LogP contribution in [-0.2, 0) is 32.6 Å². The lowest BCUT2D eigenvalue weighted by atomic mass is 10.1. The van der Waals surface area contributed by atoms with Crippen LogP contribution < -0.4 is 10.0 Å². The third-order valence-electron chi connectivity index (χ3n) is 5.04. The molecule has 0 saturated carbocycles. The van der Waals surface area contributed by atoms with Crippen molar-refractivity contribution in [3.63, 3.8) is 0 Å². The van der Waals surface area contributed by atoms with Gasteiger partial charge in [0, 0.05) is 26.2 Å². The average Bonchev–Trinajstić information content (AvgIpc) is 2.72. The van der Waals surface area contributed by atoms with Crippen molar-refractivity contribution < 1.29 is 22.3 Å². The topological polar surface area (TPSA) is 87.7 Å². The van der Waals surface area contributed by atoms with E-state index >= 15 is 0 Å². The maximum atomic E-state index is 13.8. The molecule has 3 rings (SSSR count). The van der Waals surface area contributed by atoms with Crippen LogP contribution >= 0.6 is 0 Å². The summed E-state index contributed by atoms with van der Waals surface area (Å²) in [5.41, 5.74) is 2.05. The number of carbonyl (C=O) groups excluding carboxylic acids is 1. The molecular weight excluding hydrogens is 421 g/mol. The maximum Gasteiger partial charge on any atom is 0.244 e. The minimum Gasteiger partial charge on any atom is -0.376 e. The van der Waals surface area contributed by atoms with Gasteiger partial charge in [0.25, 0.3) is 0 Å².